The van der Waals surface area contributed by atoms with E-state index in [1.165, 1.54) is 5.56 Å². The van der Waals surface area contributed by atoms with Crippen LogP contribution in [0.3, 0.4) is 0 Å². The van der Waals surface area contributed by atoms with E-state index >= 15 is 0 Å². The van der Waals surface area contributed by atoms with Crippen molar-refractivity contribution in [2.24, 2.45) is 0 Å². The number of benzene rings is 1. The Hall–Kier alpha value is -1.22. The zero-order chi connectivity index (χ0) is 9.42. The van der Waals surface area contributed by atoms with Gasteiger partial charge in [-0.1, -0.05) is 6.07 Å². The Morgan fingerprint density at radius 3 is 3.00 bits per heavy atom. The Balaban J connectivity index is 2.48. The average Bonchev–Trinajstić information content (AvgIpc) is 2.12. The molecule has 0 fully saturated rings. The fourth-order valence-corrected chi connectivity index (χ4v) is 1.78. The van der Waals surface area contributed by atoms with E-state index < -0.39 is 0 Å². The van der Waals surface area contributed by atoms with E-state index in [-0.39, 0.29) is 5.75 Å². The van der Waals surface area contributed by atoms with Crippen LogP contribution in [0.5, 0.6) is 5.75 Å². The molecule has 0 atom stereocenters. The van der Waals surface area contributed by atoms with E-state index in [1.54, 1.807) is 6.07 Å². The van der Waals surface area contributed by atoms with Gasteiger partial charge >= 0.3 is 0 Å². The summed E-state index contributed by atoms with van der Waals surface area (Å²) in [6, 6.07) is 3.65. The predicted molar refractivity (Wildman–Crippen MR) is 52.6 cm³/mol. The molecule has 13 heavy (non-hydrogen) atoms. The van der Waals surface area contributed by atoms with Crippen molar-refractivity contribution in [2.45, 2.75) is 13.0 Å². The Morgan fingerprint density at radius 2 is 2.23 bits per heavy atom. The largest absolute Gasteiger partial charge is 0.506 e. The maximum absolute atomic E-state index is 9.42. The van der Waals surface area contributed by atoms with Crippen molar-refractivity contribution >= 4 is 5.69 Å². The summed E-state index contributed by atoms with van der Waals surface area (Å²) in [5, 5.41) is 9.42. The summed E-state index contributed by atoms with van der Waals surface area (Å²) in [4.78, 5) is 2.21. The Labute approximate surface area is 77.8 Å². The molecule has 0 amide bonds. The van der Waals surface area contributed by atoms with Gasteiger partial charge in [0.15, 0.2) is 0 Å². The number of nitrogen functional groups attached to an aromatic ring is 1. The first-order valence-corrected chi connectivity index (χ1v) is 4.46. The SMILES string of the molecule is CN1CCc2ccc(O)c(N)c2C1. The Kier molecular flexibility index (Phi) is 1.88. The number of nitrogens with two attached hydrogens (primary N) is 1. The number of fused-ring (bicyclic) bond motifs is 1. The van der Waals surface area contributed by atoms with Crippen molar-refractivity contribution < 1.29 is 5.11 Å². The highest BCUT2D eigenvalue weighted by molar-refractivity contribution is 5.61. The number of aromatic hydroxyl groups is 1. The zero-order valence-electron chi connectivity index (χ0n) is 7.75. The van der Waals surface area contributed by atoms with Crippen LogP contribution in [0.4, 0.5) is 5.69 Å². The van der Waals surface area contributed by atoms with Gasteiger partial charge in [-0.25, -0.2) is 0 Å². The minimum absolute atomic E-state index is 0.203. The lowest BCUT2D eigenvalue weighted by molar-refractivity contribution is 0.313. The highest BCUT2D eigenvalue weighted by Gasteiger charge is 2.16. The van der Waals surface area contributed by atoms with Crippen molar-refractivity contribution in [2.75, 3.05) is 19.3 Å². The summed E-state index contributed by atoms with van der Waals surface area (Å²) in [5.74, 6) is 0.203. The third-order valence-electron chi connectivity index (χ3n) is 2.62. The van der Waals surface area contributed by atoms with E-state index in [4.69, 9.17) is 5.73 Å². The lowest BCUT2D eigenvalue weighted by Crippen LogP contribution is -2.27. The summed E-state index contributed by atoms with van der Waals surface area (Å²) >= 11 is 0. The first kappa shape index (κ1) is 8.38. The Morgan fingerprint density at radius 1 is 1.46 bits per heavy atom. The maximum Gasteiger partial charge on any atom is 0.138 e. The summed E-state index contributed by atoms with van der Waals surface area (Å²) in [7, 11) is 2.06. The zero-order valence-corrected chi connectivity index (χ0v) is 7.75. The number of nitrogens with zero attached hydrogens (tertiary/aromatic N) is 1. The number of hydrogen-bond acceptors (Lipinski definition) is 3. The molecule has 0 aliphatic carbocycles. The van der Waals surface area contributed by atoms with Crippen LogP contribution in [0, 0.1) is 0 Å². The normalized spacial score (nSPS) is 17.0. The second-order valence-electron chi connectivity index (χ2n) is 3.62. The number of anilines is 1. The fraction of sp³-hybridized carbons (Fsp3) is 0.400. The molecule has 1 aromatic carbocycles. The van der Waals surface area contributed by atoms with Gasteiger partial charge in [0.05, 0.1) is 5.69 Å². The number of likely N-dealkylation sites (N-methyl/N-ethyl adjacent to an activating group) is 1. The molecule has 0 spiro atoms. The molecule has 2 rings (SSSR count). The summed E-state index contributed by atoms with van der Waals surface area (Å²) in [6.45, 7) is 1.91. The van der Waals surface area contributed by atoms with Crippen molar-refractivity contribution in [3.63, 3.8) is 0 Å². The quantitative estimate of drug-likeness (QED) is 0.459. The first-order valence-electron chi connectivity index (χ1n) is 4.46. The van der Waals surface area contributed by atoms with Gasteiger partial charge in [-0.05, 0) is 30.7 Å². The molecule has 1 aliphatic rings. The number of phenols is 1. The van der Waals surface area contributed by atoms with Crippen molar-refractivity contribution in [3.8, 4) is 5.75 Å². The molecule has 0 radical (unpaired) electrons. The van der Waals surface area contributed by atoms with Gasteiger partial charge in [0.2, 0.25) is 0 Å². The van der Waals surface area contributed by atoms with Crippen LogP contribution in [0.15, 0.2) is 12.1 Å². The first-order chi connectivity index (χ1) is 6.18. The van der Waals surface area contributed by atoms with E-state index in [0.29, 0.717) is 5.69 Å². The molecule has 1 aliphatic heterocycles. The molecule has 3 nitrogen and oxygen atoms in total. The van der Waals surface area contributed by atoms with Gasteiger partial charge in [0.25, 0.3) is 0 Å². The molecule has 0 unspecified atom stereocenters. The molecule has 3 heteroatoms. The lowest BCUT2D eigenvalue weighted by atomic mass is 9.98. The van der Waals surface area contributed by atoms with Gasteiger partial charge in [-0.3, -0.25) is 0 Å². The Bertz CT molecular complexity index is 336. The van der Waals surface area contributed by atoms with Gasteiger partial charge < -0.3 is 15.7 Å². The van der Waals surface area contributed by atoms with Gasteiger partial charge in [-0.2, -0.15) is 0 Å². The van der Waals surface area contributed by atoms with Crippen LogP contribution in [-0.2, 0) is 13.0 Å². The molecule has 1 aromatic rings. The molecule has 1 heterocycles. The van der Waals surface area contributed by atoms with Gasteiger partial charge in [0, 0.05) is 13.1 Å². The standard InChI is InChI=1S/C10H14N2O/c1-12-5-4-7-2-3-9(13)10(11)8(7)6-12/h2-3,13H,4-6,11H2,1H3. The minimum Gasteiger partial charge on any atom is -0.506 e. The molecule has 0 bridgehead atoms. The molecular weight excluding hydrogens is 164 g/mol. The maximum atomic E-state index is 9.42. The predicted octanol–water partition coefficient (Wildman–Crippen LogP) is 0.962. The molecule has 70 valence electrons. The van der Waals surface area contributed by atoms with Crippen LogP contribution >= 0.6 is 0 Å². The molecule has 0 aromatic heterocycles. The van der Waals surface area contributed by atoms with E-state index in [2.05, 4.69) is 11.9 Å². The third-order valence-corrected chi connectivity index (χ3v) is 2.62. The van der Waals surface area contributed by atoms with Gasteiger partial charge in [0.1, 0.15) is 5.75 Å². The number of hydrogen-bond donors (Lipinski definition) is 2. The highest BCUT2D eigenvalue weighted by atomic mass is 16.3. The molecular formula is C10H14N2O. The fourth-order valence-electron chi connectivity index (χ4n) is 1.78. The van der Waals surface area contributed by atoms with Gasteiger partial charge in [-0.15, -0.1) is 0 Å². The van der Waals surface area contributed by atoms with Crippen molar-refractivity contribution in [1.82, 2.24) is 4.90 Å². The lowest BCUT2D eigenvalue weighted by Gasteiger charge is -2.26. The molecule has 3 N–H and O–H groups in total. The van der Waals surface area contributed by atoms with E-state index in [9.17, 15) is 5.11 Å². The average molecular weight is 178 g/mol. The second-order valence-corrected chi connectivity index (χ2v) is 3.62. The third kappa shape index (κ3) is 1.35. The summed E-state index contributed by atoms with van der Waals surface area (Å²) in [6.07, 6.45) is 1.02. The second kappa shape index (κ2) is 2.92. The van der Waals surface area contributed by atoms with E-state index in [0.717, 1.165) is 25.1 Å². The van der Waals surface area contributed by atoms with Crippen LogP contribution in [-0.4, -0.2) is 23.6 Å². The number of rotatable bonds is 0. The smallest absolute Gasteiger partial charge is 0.138 e. The van der Waals surface area contributed by atoms with Crippen LogP contribution in [0.25, 0.3) is 0 Å². The van der Waals surface area contributed by atoms with Crippen LogP contribution in [0.2, 0.25) is 0 Å². The number of phenolic OH excluding ortho intramolecular Hbond substituents is 1. The molecule has 0 saturated carbocycles. The topological polar surface area (TPSA) is 49.5 Å². The van der Waals surface area contributed by atoms with Crippen LogP contribution in [0.1, 0.15) is 11.1 Å². The van der Waals surface area contributed by atoms with Crippen molar-refractivity contribution in [1.29, 1.82) is 0 Å². The van der Waals surface area contributed by atoms with Crippen LogP contribution < -0.4 is 5.73 Å². The monoisotopic (exact) mass is 178 g/mol. The summed E-state index contributed by atoms with van der Waals surface area (Å²) in [5.41, 5.74) is 8.70. The molecule has 0 saturated heterocycles. The minimum atomic E-state index is 0.203. The summed E-state index contributed by atoms with van der Waals surface area (Å²) < 4.78 is 0. The van der Waals surface area contributed by atoms with E-state index in [1.807, 2.05) is 6.07 Å². The highest BCUT2D eigenvalue weighted by Crippen LogP contribution is 2.30. The van der Waals surface area contributed by atoms with Crippen molar-refractivity contribution in [3.05, 3.63) is 23.3 Å².